The van der Waals surface area contributed by atoms with Gasteiger partial charge in [0.05, 0.1) is 23.0 Å². The average Bonchev–Trinajstić information content (AvgIpc) is 2.50. The summed E-state index contributed by atoms with van der Waals surface area (Å²) in [7, 11) is 0. The predicted octanol–water partition coefficient (Wildman–Crippen LogP) is 3.96. The van der Waals surface area contributed by atoms with E-state index in [1.54, 1.807) is 0 Å². The molecule has 0 N–H and O–H groups in total. The van der Waals surface area contributed by atoms with Crippen LogP contribution in [0.3, 0.4) is 0 Å². The molecule has 0 amide bonds. The zero-order valence-corrected chi connectivity index (χ0v) is 11.5. The van der Waals surface area contributed by atoms with Crippen molar-refractivity contribution in [2.45, 2.75) is 20.4 Å². The molecule has 1 aromatic carbocycles. The molecule has 84 valence electrons. The second-order valence-corrected chi connectivity index (χ2v) is 4.97. The molecule has 0 aliphatic rings. The van der Waals surface area contributed by atoms with Crippen LogP contribution in [0.4, 0.5) is 0 Å². The van der Waals surface area contributed by atoms with Gasteiger partial charge in [0, 0.05) is 4.47 Å². The summed E-state index contributed by atoms with van der Waals surface area (Å²) < 4.78 is 3.02. The number of benzene rings is 1. The maximum absolute atomic E-state index is 6.11. The molecular formula is C12H12BrClN2. The van der Waals surface area contributed by atoms with E-state index in [-0.39, 0.29) is 0 Å². The summed E-state index contributed by atoms with van der Waals surface area (Å²) in [5, 5.41) is 5.17. The van der Waals surface area contributed by atoms with Gasteiger partial charge in [0.2, 0.25) is 0 Å². The van der Waals surface area contributed by atoms with Gasteiger partial charge < -0.3 is 0 Å². The Morgan fingerprint density at radius 2 is 2.00 bits per heavy atom. The fourth-order valence-electron chi connectivity index (χ4n) is 1.62. The quantitative estimate of drug-likeness (QED) is 0.820. The van der Waals surface area contributed by atoms with Crippen molar-refractivity contribution in [3.8, 4) is 0 Å². The van der Waals surface area contributed by atoms with E-state index in [9.17, 15) is 0 Å². The van der Waals surface area contributed by atoms with Gasteiger partial charge in [-0.2, -0.15) is 5.10 Å². The van der Waals surface area contributed by atoms with Crippen LogP contribution in [0, 0.1) is 13.8 Å². The minimum Gasteiger partial charge on any atom is -0.264 e. The molecule has 16 heavy (non-hydrogen) atoms. The lowest BCUT2D eigenvalue weighted by molar-refractivity contribution is 0.657. The summed E-state index contributed by atoms with van der Waals surface area (Å²) in [6.07, 6.45) is 0. The molecule has 0 unspecified atom stereocenters. The second kappa shape index (κ2) is 4.60. The molecule has 0 radical (unpaired) electrons. The van der Waals surface area contributed by atoms with E-state index in [1.165, 1.54) is 5.56 Å². The molecule has 1 heterocycles. The fourth-order valence-corrected chi connectivity index (χ4v) is 2.16. The van der Waals surface area contributed by atoms with Crippen LogP contribution in [0.5, 0.6) is 0 Å². The Kier molecular flexibility index (Phi) is 3.36. The predicted molar refractivity (Wildman–Crippen MR) is 70.0 cm³/mol. The van der Waals surface area contributed by atoms with Crippen LogP contribution in [0.25, 0.3) is 0 Å². The topological polar surface area (TPSA) is 17.8 Å². The van der Waals surface area contributed by atoms with Crippen molar-refractivity contribution >= 4 is 27.5 Å². The highest BCUT2D eigenvalue weighted by Crippen LogP contribution is 2.22. The van der Waals surface area contributed by atoms with Crippen LogP contribution in [0.1, 0.15) is 17.0 Å². The van der Waals surface area contributed by atoms with Gasteiger partial charge in [-0.3, -0.25) is 4.68 Å². The lowest BCUT2D eigenvalue weighted by Gasteiger charge is -2.06. The number of halogens is 2. The lowest BCUT2D eigenvalue weighted by Crippen LogP contribution is -2.04. The molecule has 0 saturated heterocycles. The molecular weight excluding hydrogens is 288 g/mol. The number of aryl methyl sites for hydroxylation is 1. The highest BCUT2D eigenvalue weighted by atomic mass is 79.9. The minimum absolute atomic E-state index is 0.737. The van der Waals surface area contributed by atoms with Crippen LogP contribution in [-0.2, 0) is 6.54 Å². The highest BCUT2D eigenvalue weighted by Gasteiger charge is 2.10. The average molecular weight is 300 g/mol. The molecule has 0 saturated carbocycles. The van der Waals surface area contributed by atoms with Crippen molar-refractivity contribution < 1.29 is 0 Å². The van der Waals surface area contributed by atoms with Gasteiger partial charge >= 0.3 is 0 Å². The van der Waals surface area contributed by atoms with E-state index in [4.69, 9.17) is 11.6 Å². The first-order chi connectivity index (χ1) is 7.59. The number of hydrogen-bond acceptors (Lipinski definition) is 1. The van der Waals surface area contributed by atoms with Crippen molar-refractivity contribution in [3.63, 3.8) is 0 Å². The normalized spacial score (nSPS) is 10.8. The van der Waals surface area contributed by atoms with Crippen molar-refractivity contribution in [1.29, 1.82) is 0 Å². The van der Waals surface area contributed by atoms with Crippen molar-refractivity contribution in [2.24, 2.45) is 0 Å². The van der Waals surface area contributed by atoms with E-state index in [0.717, 1.165) is 27.4 Å². The van der Waals surface area contributed by atoms with E-state index in [0.29, 0.717) is 0 Å². The van der Waals surface area contributed by atoms with Gasteiger partial charge in [-0.15, -0.1) is 0 Å². The fraction of sp³-hybridized carbons (Fsp3) is 0.250. The molecule has 0 atom stereocenters. The minimum atomic E-state index is 0.737. The molecule has 0 aliphatic heterocycles. The van der Waals surface area contributed by atoms with E-state index >= 15 is 0 Å². The summed E-state index contributed by atoms with van der Waals surface area (Å²) in [5.41, 5.74) is 3.09. The standard InChI is InChI=1S/C12H12BrClN2/c1-8-12(14)9(2)16(15-8)7-10-5-3-4-6-11(10)13/h3-6H,7H2,1-2H3. The number of rotatable bonds is 2. The smallest absolute Gasteiger partial charge is 0.0844 e. The van der Waals surface area contributed by atoms with E-state index < -0.39 is 0 Å². The molecule has 2 nitrogen and oxygen atoms in total. The van der Waals surface area contributed by atoms with Crippen LogP contribution >= 0.6 is 27.5 Å². The molecule has 0 bridgehead atoms. The van der Waals surface area contributed by atoms with Crippen LogP contribution in [0.2, 0.25) is 5.02 Å². The Bertz CT molecular complexity index is 520. The van der Waals surface area contributed by atoms with E-state index in [2.05, 4.69) is 27.1 Å². The summed E-state index contributed by atoms with van der Waals surface area (Å²) in [6, 6.07) is 8.13. The largest absolute Gasteiger partial charge is 0.264 e. The molecule has 2 aromatic rings. The Balaban J connectivity index is 2.34. The zero-order chi connectivity index (χ0) is 11.7. The SMILES string of the molecule is Cc1nn(Cc2ccccc2Br)c(C)c1Cl. The molecule has 0 spiro atoms. The summed E-state index contributed by atoms with van der Waals surface area (Å²) in [4.78, 5) is 0. The van der Waals surface area contributed by atoms with Gasteiger partial charge in [-0.05, 0) is 25.5 Å². The van der Waals surface area contributed by atoms with Gasteiger partial charge in [-0.25, -0.2) is 0 Å². The summed E-state index contributed by atoms with van der Waals surface area (Å²) >= 11 is 9.64. The zero-order valence-electron chi connectivity index (χ0n) is 9.17. The summed E-state index contributed by atoms with van der Waals surface area (Å²) in [5.74, 6) is 0. The van der Waals surface area contributed by atoms with Gasteiger partial charge in [0.25, 0.3) is 0 Å². The van der Waals surface area contributed by atoms with E-state index in [1.807, 2.05) is 36.7 Å². The third-order valence-electron chi connectivity index (χ3n) is 2.57. The summed E-state index contributed by atoms with van der Waals surface area (Å²) in [6.45, 7) is 4.64. The van der Waals surface area contributed by atoms with Crippen molar-refractivity contribution in [3.05, 3.63) is 50.7 Å². The van der Waals surface area contributed by atoms with Crippen molar-refractivity contribution in [2.75, 3.05) is 0 Å². The Morgan fingerprint density at radius 3 is 2.56 bits per heavy atom. The van der Waals surface area contributed by atoms with Crippen LogP contribution in [0.15, 0.2) is 28.7 Å². The number of aromatic nitrogens is 2. The third-order valence-corrected chi connectivity index (χ3v) is 3.89. The molecule has 4 heteroatoms. The third kappa shape index (κ3) is 2.15. The molecule has 1 aromatic heterocycles. The number of hydrogen-bond donors (Lipinski definition) is 0. The molecule has 0 fully saturated rings. The van der Waals surface area contributed by atoms with Crippen LogP contribution in [-0.4, -0.2) is 9.78 Å². The van der Waals surface area contributed by atoms with Gasteiger partial charge in [-0.1, -0.05) is 45.7 Å². The maximum atomic E-state index is 6.11. The van der Waals surface area contributed by atoms with Crippen LogP contribution < -0.4 is 0 Å². The Morgan fingerprint density at radius 1 is 1.31 bits per heavy atom. The molecule has 2 rings (SSSR count). The molecule has 0 aliphatic carbocycles. The lowest BCUT2D eigenvalue weighted by atomic mass is 10.2. The first kappa shape index (κ1) is 11.7. The van der Waals surface area contributed by atoms with Crippen molar-refractivity contribution in [1.82, 2.24) is 9.78 Å². The van der Waals surface area contributed by atoms with Gasteiger partial charge in [0.1, 0.15) is 0 Å². The highest BCUT2D eigenvalue weighted by molar-refractivity contribution is 9.10. The first-order valence-electron chi connectivity index (χ1n) is 5.02. The number of nitrogens with zero attached hydrogens (tertiary/aromatic N) is 2. The Hall–Kier alpha value is -0.800. The second-order valence-electron chi connectivity index (χ2n) is 3.73. The monoisotopic (exact) mass is 298 g/mol. The maximum Gasteiger partial charge on any atom is 0.0844 e. The van der Waals surface area contributed by atoms with Gasteiger partial charge in [0.15, 0.2) is 0 Å². The first-order valence-corrected chi connectivity index (χ1v) is 6.19. The Labute approximate surface area is 108 Å².